The molecular formula is C22H24N2OS. The van der Waals surface area contributed by atoms with Crippen molar-refractivity contribution >= 4 is 22.9 Å². The zero-order valence-corrected chi connectivity index (χ0v) is 15.9. The molecule has 134 valence electrons. The van der Waals surface area contributed by atoms with E-state index in [4.69, 9.17) is 0 Å². The topological polar surface area (TPSA) is 41.1 Å². The van der Waals surface area contributed by atoms with Gasteiger partial charge in [-0.15, -0.1) is 11.3 Å². The van der Waals surface area contributed by atoms with Gasteiger partial charge in [0.2, 0.25) is 5.91 Å². The molecule has 3 rings (SSSR count). The average Bonchev–Trinajstić information content (AvgIpc) is 3.19. The minimum atomic E-state index is -0.120. The number of hydrogen-bond acceptors (Lipinski definition) is 3. The summed E-state index contributed by atoms with van der Waals surface area (Å²) in [6.45, 7) is 4.56. The van der Waals surface area contributed by atoms with Gasteiger partial charge >= 0.3 is 0 Å². The Bertz CT molecular complexity index is 828. The molecule has 0 fully saturated rings. The number of anilines is 1. The van der Waals surface area contributed by atoms with E-state index in [2.05, 4.69) is 36.6 Å². The minimum absolute atomic E-state index is 0.0224. The van der Waals surface area contributed by atoms with Gasteiger partial charge in [0.25, 0.3) is 0 Å². The number of carbonyl (C=O) groups is 1. The maximum Gasteiger partial charge on any atom is 0.240 e. The first-order valence-electron chi connectivity index (χ1n) is 8.85. The lowest BCUT2D eigenvalue weighted by Crippen LogP contribution is -2.33. The molecule has 1 unspecified atom stereocenters. The maximum atomic E-state index is 12.6. The van der Waals surface area contributed by atoms with E-state index in [0.29, 0.717) is 5.92 Å². The number of thiophene rings is 1. The second kappa shape index (κ2) is 8.68. The standard InChI is InChI=1S/C22H24N2OS/c1-16(2)18-11-6-7-12-19(18)23-15-21(25)24-22(20-13-8-14-26-20)17-9-4-3-5-10-17/h3-14,16,22-23H,15H2,1-2H3,(H,24,25). The van der Waals surface area contributed by atoms with Crippen LogP contribution in [-0.2, 0) is 4.79 Å². The van der Waals surface area contributed by atoms with E-state index in [-0.39, 0.29) is 18.5 Å². The first kappa shape index (κ1) is 18.2. The van der Waals surface area contributed by atoms with Crippen molar-refractivity contribution in [1.29, 1.82) is 0 Å². The lowest BCUT2D eigenvalue weighted by Gasteiger charge is -2.19. The quantitative estimate of drug-likeness (QED) is 0.606. The van der Waals surface area contributed by atoms with E-state index in [9.17, 15) is 4.79 Å². The first-order chi connectivity index (χ1) is 12.6. The SMILES string of the molecule is CC(C)c1ccccc1NCC(=O)NC(c1ccccc1)c1cccs1. The van der Waals surface area contributed by atoms with E-state index in [1.165, 1.54) is 5.56 Å². The molecule has 0 aliphatic rings. The Morgan fingerprint density at radius 2 is 1.69 bits per heavy atom. The predicted molar refractivity (Wildman–Crippen MR) is 110 cm³/mol. The van der Waals surface area contributed by atoms with Crippen molar-refractivity contribution in [2.24, 2.45) is 0 Å². The summed E-state index contributed by atoms with van der Waals surface area (Å²) in [6.07, 6.45) is 0. The van der Waals surface area contributed by atoms with Gasteiger partial charge in [-0.2, -0.15) is 0 Å². The van der Waals surface area contributed by atoms with Crippen molar-refractivity contribution < 1.29 is 4.79 Å². The molecule has 0 saturated carbocycles. The summed E-state index contributed by atoms with van der Waals surface area (Å²) in [4.78, 5) is 13.7. The molecular weight excluding hydrogens is 340 g/mol. The van der Waals surface area contributed by atoms with E-state index in [1.807, 2.05) is 60.0 Å². The van der Waals surface area contributed by atoms with E-state index < -0.39 is 0 Å². The second-order valence-corrected chi connectivity index (χ2v) is 7.50. The largest absolute Gasteiger partial charge is 0.376 e. The molecule has 2 aromatic carbocycles. The highest BCUT2D eigenvalue weighted by Gasteiger charge is 2.17. The lowest BCUT2D eigenvalue weighted by molar-refractivity contribution is -0.119. The summed E-state index contributed by atoms with van der Waals surface area (Å²) in [6, 6.07) is 22.2. The summed E-state index contributed by atoms with van der Waals surface area (Å²) in [5, 5.41) is 8.49. The van der Waals surface area contributed by atoms with Crippen LogP contribution in [0.3, 0.4) is 0 Å². The van der Waals surface area contributed by atoms with Crippen LogP contribution in [-0.4, -0.2) is 12.5 Å². The van der Waals surface area contributed by atoms with Gasteiger partial charge in [0.15, 0.2) is 0 Å². The van der Waals surface area contributed by atoms with Gasteiger partial charge in [0.05, 0.1) is 12.6 Å². The number of nitrogens with one attached hydrogen (secondary N) is 2. The fourth-order valence-corrected chi connectivity index (χ4v) is 3.77. The van der Waals surface area contributed by atoms with Crippen molar-refractivity contribution in [2.45, 2.75) is 25.8 Å². The Hall–Kier alpha value is -2.59. The zero-order chi connectivity index (χ0) is 18.4. The molecule has 26 heavy (non-hydrogen) atoms. The summed E-state index contributed by atoms with van der Waals surface area (Å²) < 4.78 is 0. The van der Waals surface area contributed by atoms with Crippen molar-refractivity contribution in [1.82, 2.24) is 5.32 Å². The van der Waals surface area contributed by atoms with E-state index in [1.54, 1.807) is 11.3 Å². The fraction of sp³-hybridized carbons (Fsp3) is 0.227. The molecule has 1 atom stereocenters. The Morgan fingerprint density at radius 3 is 2.38 bits per heavy atom. The number of benzene rings is 2. The molecule has 0 radical (unpaired) electrons. The summed E-state index contributed by atoms with van der Waals surface area (Å²) in [5.74, 6) is 0.385. The third-order valence-corrected chi connectivity index (χ3v) is 5.23. The van der Waals surface area contributed by atoms with Crippen LogP contribution < -0.4 is 10.6 Å². The van der Waals surface area contributed by atoms with Crippen LogP contribution in [0.4, 0.5) is 5.69 Å². The molecule has 0 spiro atoms. The minimum Gasteiger partial charge on any atom is -0.376 e. The maximum absolute atomic E-state index is 12.6. The number of carbonyl (C=O) groups excluding carboxylic acids is 1. The highest BCUT2D eigenvalue weighted by Crippen LogP contribution is 2.26. The van der Waals surface area contributed by atoms with Crippen LogP contribution in [0.15, 0.2) is 72.1 Å². The van der Waals surface area contributed by atoms with Gasteiger partial charge in [-0.1, -0.05) is 68.4 Å². The normalized spacial score (nSPS) is 12.0. The Balaban J connectivity index is 1.70. The molecule has 2 N–H and O–H groups in total. The predicted octanol–water partition coefficient (Wildman–Crippen LogP) is 5.19. The molecule has 0 bridgehead atoms. The monoisotopic (exact) mass is 364 g/mol. The number of para-hydroxylation sites is 1. The third kappa shape index (κ3) is 4.52. The molecule has 0 aliphatic carbocycles. The fourth-order valence-electron chi connectivity index (χ4n) is 2.97. The lowest BCUT2D eigenvalue weighted by atomic mass is 10.0. The highest BCUT2D eigenvalue weighted by atomic mass is 32.1. The molecule has 1 amide bonds. The summed E-state index contributed by atoms with van der Waals surface area (Å²) in [7, 11) is 0. The highest BCUT2D eigenvalue weighted by molar-refractivity contribution is 7.10. The molecule has 3 nitrogen and oxygen atoms in total. The Morgan fingerprint density at radius 1 is 0.962 bits per heavy atom. The molecule has 0 aliphatic heterocycles. The van der Waals surface area contributed by atoms with E-state index in [0.717, 1.165) is 16.1 Å². The Kier molecular flexibility index (Phi) is 6.08. The van der Waals surface area contributed by atoms with Crippen molar-refractivity contribution in [3.63, 3.8) is 0 Å². The van der Waals surface area contributed by atoms with Crippen molar-refractivity contribution in [3.8, 4) is 0 Å². The van der Waals surface area contributed by atoms with Crippen molar-refractivity contribution in [3.05, 3.63) is 88.1 Å². The van der Waals surface area contributed by atoms with Crippen molar-refractivity contribution in [2.75, 3.05) is 11.9 Å². The van der Waals surface area contributed by atoms with Gasteiger partial charge in [0, 0.05) is 10.6 Å². The number of hydrogen-bond donors (Lipinski definition) is 2. The van der Waals surface area contributed by atoms with Gasteiger partial charge in [-0.25, -0.2) is 0 Å². The third-order valence-electron chi connectivity index (χ3n) is 4.29. The second-order valence-electron chi connectivity index (χ2n) is 6.52. The average molecular weight is 365 g/mol. The zero-order valence-electron chi connectivity index (χ0n) is 15.1. The van der Waals surface area contributed by atoms with Gasteiger partial charge in [-0.3, -0.25) is 4.79 Å². The van der Waals surface area contributed by atoms with E-state index >= 15 is 0 Å². The van der Waals surface area contributed by atoms with Gasteiger partial charge in [-0.05, 0) is 34.6 Å². The van der Waals surface area contributed by atoms with Gasteiger partial charge < -0.3 is 10.6 Å². The first-order valence-corrected chi connectivity index (χ1v) is 9.73. The van der Waals surface area contributed by atoms with Crippen LogP contribution in [0.2, 0.25) is 0 Å². The van der Waals surface area contributed by atoms with Crippen LogP contribution in [0.1, 0.15) is 41.8 Å². The van der Waals surface area contributed by atoms with Crippen LogP contribution in [0.25, 0.3) is 0 Å². The van der Waals surface area contributed by atoms with Crippen LogP contribution in [0.5, 0.6) is 0 Å². The number of rotatable bonds is 7. The summed E-state index contributed by atoms with van der Waals surface area (Å²) in [5.41, 5.74) is 3.33. The molecule has 3 aromatic rings. The molecule has 1 aromatic heterocycles. The molecule has 0 saturated heterocycles. The molecule has 1 heterocycles. The van der Waals surface area contributed by atoms with Gasteiger partial charge in [0.1, 0.15) is 0 Å². The Labute approximate surface area is 159 Å². The molecule has 4 heteroatoms. The smallest absolute Gasteiger partial charge is 0.240 e. The number of amides is 1. The van der Waals surface area contributed by atoms with Crippen LogP contribution in [0, 0.1) is 0 Å². The summed E-state index contributed by atoms with van der Waals surface area (Å²) >= 11 is 1.65. The van der Waals surface area contributed by atoms with Crippen LogP contribution >= 0.6 is 11.3 Å².